The van der Waals surface area contributed by atoms with E-state index in [0.717, 1.165) is 74.8 Å². The maximum Gasteiger partial charge on any atom is 0.269 e. The molecule has 1 amide bonds. The van der Waals surface area contributed by atoms with Crippen LogP contribution in [0.15, 0.2) is 59.9 Å². The summed E-state index contributed by atoms with van der Waals surface area (Å²) in [5, 5.41) is 13.9. The Morgan fingerprint density at radius 2 is 2.02 bits per heavy atom. The third-order valence-electron chi connectivity index (χ3n) is 9.48. The molecule has 2 aromatic heterocycles. The van der Waals surface area contributed by atoms with Crippen LogP contribution in [-0.2, 0) is 9.53 Å². The lowest BCUT2D eigenvalue weighted by Crippen LogP contribution is -2.35. The van der Waals surface area contributed by atoms with Gasteiger partial charge in [-0.3, -0.25) is 19.7 Å². The average Bonchev–Trinajstić information content (AvgIpc) is 3.78. The second kappa shape index (κ2) is 11.5. The minimum absolute atomic E-state index is 0.0157. The van der Waals surface area contributed by atoms with Gasteiger partial charge in [-0.2, -0.15) is 5.10 Å². The van der Waals surface area contributed by atoms with Crippen LogP contribution in [0.4, 0.5) is 10.2 Å². The van der Waals surface area contributed by atoms with Crippen molar-refractivity contribution in [2.45, 2.75) is 69.8 Å². The molecule has 0 bridgehead atoms. The Morgan fingerprint density at radius 3 is 2.79 bits per heavy atom. The fraction of sp³-hybridized carbons (Fsp3) is 0.412. The molecule has 4 heterocycles. The monoisotopic (exact) mass is 581 g/mol. The van der Waals surface area contributed by atoms with Gasteiger partial charge in [0.25, 0.3) is 5.91 Å². The van der Waals surface area contributed by atoms with Gasteiger partial charge in [0.15, 0.2) is 11.6 Å². The summed E-state index contributed by atoms with van der Waals surface area (Å²) in [4.78, 5) is 31.8. The molecule has 2 atom stereocenters. The Bertz CT molecular complexity index is 1600. The predicted octanol–water partition coefficient (Wildman–Crippen LogP) is 6.31. The number of H-pyrrole nitrogens is 1. The van der Waals surface area contributed by atoms with Gasteiger partial charge in [0.05, 0.1) is 11.8 Å². The number of fused-ring (bicyclic) bond motifs is 1. The number of nitrogens with zero attached hydrogens (tertiary/aromatic N) is 2. The fourth-order valence-corrected chi connectivity index (χ4v) is 7.33. The average molecular weight is 582 g/mol. The van der Waals surface area contributed by atoms with Crippen LogP contribution in [-0.4, -0.2) is 46.1 Å². The molecule has 2 aliphatic heterocycles. The third kappa shape index (κ3) is 5.54. The molecule has 7 rings (SSSR count). The number of Topliss-reactive ketones (excluding diaryl/α,β-unsaturated/α-hetero) is 1. The molecule has 2 fully saturated rings. The molecular weight excluding hydrogens is 545 g/mol. The van der Waals surface area contributed by atoms with Crippen molar-refractivity contribution in [2.24, 2.45) is 5.41 Å². The number of aromatic nitrogens is 3. The van der Waals surface area contributed by atoms with E-state index < -0.39 is 5.92 Å². The first-order valence-electron chi connectivity index (χ1n) is 15.4. The minimum atomic E-state index is -0.445. The zero-order chi connectivity index (χ0) is 29.4. The van der Waals surface area contributed by atoms with Crippen molar-refractivity contribution < 1.29 is 18.7 Å². The number of anilines is 1. The van der Waals surface area contributed by atoms with Crippen LogP contribution in [0.2, 0.25) is 0 Å². The van der Waals surface area contributed by atoms with Crippen LogP contribution < -0.4 is 10.6 Å². The molecule has 1 spiro atoms. The number of benzene rings is 1. The van der Waals surface area contributed by atoms with Gasteiger partial charge in [0, 0.05) is 54.1 Å². The molecular formula is C34H36FN5O3. The second-order valence-corrected chi connectivity index (χ2v) is 12.4. The first-order chi connectivity index (χ1) is 21.0. The summed E-state index contributed by atoms with van der Waals surface area (Å²) < 4.78 is 19.4. The van der Waals surface area contributed by atoms with E-state index in [9.17, 15) is 14.0 Å². The number of rotatable bonds is 7. The van der Waals surface area contributed by atoms with Crippen molar-refractivity contribution in [3.05, 3.63) is 82.7 Å². The van der Waals surface area contributed by atoms with Crippen molar-refractivity contribution in [3.63, 3.8) is 0 Å². The first kappa shape index (κ1) is 27.7. The maximum absolute atomic E-state index is 13.8. The molecule has 3 aromatic rings. The van der Waals surface area contributed by atoms with Crippen LogP contribution in [0.5, 0.6) is 0 Å². The van der Waals surface area contributed by atoms with E-state index in [2.05, 4.69) is 25.8 Å². The summed E-state index contributed by atoms with van der Waals surface area (Å²) in [7, 11) is 0. The van der Waals surface area contributed by atoms with Crippen LogP contribution in [0.1, 0.15) is 85.5 Å². The normalized spacial score (nSPS) is 22.6. The molecule has 8 nitrogen and oxygen atoms in total. The van der Waals surface area contributed by atoms with E-state index in [-0.39, 0.29) is 29.0 Å². The topological polar surface area (TPSA) is 109 Å². The molecule has 4 aliphatic rings. The zero-order valence-electron chi connectivity index (χ0n) is 24.1. The van der Waals surface area contributed by atoms with Crippen molar-refractivity contribution in [2.75, 3.05) is 18.5 Å². The lowest BCUT2D eigenvalue weighted by molar-refractivity contribution is -0.118. The number of hydrogen-bond acceptors (Lipinski definition) is 6. The summed E-state index contributed by atoms with van der Waals surface area (Å²) in [6.07, 6.45) is 14.4. The molecule has 0 radical (unpaired) electrons. The van der Waals surface area contributed by atoms with Crippen LogP contribution in [0.25, 0.3) is 17.2 Å². The standard InChI is InChI=1S/C34H36FN5O3/c35-23-6-3-5-21(17-23)22-8-9-24(37-20-22)10-11-26-29-27(18-34(19-28(29)41)13-1-2-14-34)38-32-30(26)31(39-40-32)33(42)36-15-12-25-7-4-16-43-25/h3,5-6,8-11,17,20,25-26H,1-2,4,7,12-16,18-19H2,(H,36,42)(H2,38,39,40)/b11-10+. The summed E-state index contributed by atoms with van der Waals surface area (Å²) in [5.41, 5.74) is 4.95. The van der Waals surface area contributed by atoms with Gasteiger partial charge in [-0.1, -0.05) is 37.1 Å². The number of aromatic amines is 1. The Hall–Kier alpha value is -4.11. The number of halogens is 1. The first-order valence-corrected chi connectivity index (χ1v) is 15.4. The molecule has 9 heteroatoms. The van der Waals surface area contributed by atoms with Gasteiger partial charge in [0.2, 0.25) is 0 Å². The second-order valence-electron chi connectivity index (χ2n) is 12.4. The molecule has 1 saturated carbocycles. The van der Waals surface area contributed by atoms with E-state index in [1.54, 1.807) is 12.3 Å². The number of ether oxygens (including phenoxy) is 1. The molecule has 3 N–H and O–H groups in total. The lowest BCUT2D eigenvalue weighted by Gasteiger charge is -2.39. The van der Waals surface area contributed by atoms with Gasteiger partial charge >= 0.3 is 0 Å². The predicted molar refractivity (Wildman–Crippen MR) is 162 cm³/mol. The lowest BCUT2D eigenvalue weighted by atomic mass is 9.67. The third-order valence-corrected chi connectivity index (χ3v) is 9.48. The van der Waals surface area contributed by atoms with E-state index >= 15 is 0 Å². The zero-order valence-corrected chi connectivity index (χ0v) is 24.1. The Balaban J connectivity index is 1.19. The van der Waals surface area contributed by atoms with E-state index in [0.29, 0.717) is 41.3 Å². The number of pyridine rings is 1. The molecule has 2 unspecified atom stereocenters. The van der Waals surface area contributed by atoms with Gasteiger partial charge in [-0.25, -0.2) is 4.39 Å². The van der Waals surface area contributed by atoms with Crippen LogP contribution in [0, 0.1) is 11.2 Å². The number of hydrogen-bond donors (Lipinski definition) is 3. The Morgan fingerprint density at radius 1 is 1.14 bits per heavy atom. The van der Waals surface area contributed by atoms with Crippen molar-refractivity contribution >= 4 is 23.6 Å². The van der Waals surface area contributed by atoms with Crippen molar-refractivity contribution in [1.29, 1.82) is 0 Å². The van der Waals surface area contributed by atoms with Crippen molar-refractivity contribution in [1.82, 2.24) is 20.5 Å². The van der Waals surface area contributed by atoms with Gasteiger partial charge < -0.3 is 15.4 Å². The van der Waals surface area contributed by atoms with Gasteiger partial charge in [-0.15, -0.1) is 0 Å². The summed E-state index contributed by atoms with van der Waals surface area (Å²) in [6.45, 7) is 1.28. The number of carbonyl (C=O) groups excluding carboxylic acids is 2. The minimum Gasteiger partial charge on any atom is -0.378 e. The quantitative estimate of drug-likeness (QED) is 0.302. The Kier molecular flexibility index (Phi) is 7.43. The van der Waals surface area contributed by atoms with E-state index in [4.69, 9.17) is 4.74 Å². The molecule has 43 heavy (non-hydrogen) atoms. The number of amides is 1. The number of nitrogens with one attached hydrogen (secondary N) is 3. The number of ketones is 1. The highest BCUT2D eigenvalue weighted by Crippen LogP contribution is 2.53. The SMILES string of the molecule is O=C1CC2(CCCC2)CC2=C1C(/C=C/c1ccc(-c3cccc(F)c3)cn1)c1c(n[nH]c1C(=O)NCCC1CCCO1)N2. The van der Waals surface area contributed by atoms with Gasteiger partial charge in [0.1, 0.15) is 11.5 Å². The van der Waals surface area contributed by atoms with E-state index in [1.807, 2.05) is 30.4 Å². The summed E-state index contributed by atoms with van der Waals surface area (Å²) in [6, 6.07) is 10.2. The molecule has 222 valence electrons. The largest absolute Gasteiger partial charge is 0.378 e. The highest BCUT2D eigenvalue weighted by molar-refractivity contribution is 6.03. The summed E-state index contributed by atoms with van der Waals surface area (Å²) >= 11 is 0. The summed E-state index contributed by atoms with van der Waals surface area (Å²) in [5.74, 6) is -0.259. The molecule has 1 saturated heterocycles. The van der Waals surface area contributed by atoms with E-state index in [1.165, 1.54) is 12.1 Å². The molecule has 1 aromatic carbocycles. The van der Waals surface area contributed by atoms with Crippen molar-refractivity contribution in [3.8, 4) is 11.1 Å². The van der Waals surface area contributed by atoms with Crippen LogP contribution >= 0.6 is 0 Å². The molecule has 2 aliphatic carbocycles. The smallest absolute Gasteiger partial charge is 0.269 e. The number of carbonyl (C=O) groups is 2. The van der Waals surface area contributed by atoms with Crippen LogP contribution in [0.3, 0.4) is 0 Å². The Labute approximate surface area is 250 Å². The number of allylic oxidation sites excluding steroid dienone is 3. The van der Waals surface area contributed by atoms with Gasteiger partial charge in [-0.05, 0) is 73.8 Å². The maximum atomic E-state index is 13.8. The fourth-order valence-electron chi connectivity index (χ4n) is 7.33. The highest BCUT2D eigenvalue weighted by Gasteiger charge is 2.46. The highest BCUT2D eigenvalue weighted by atomic mass is 19.1.